The SMILES string of the molecule is CC(=O)NCCC(O)C(O)c1cccc(Cl)c1C(=O)O. The molecule has 0 fully saturated rings. The number of carbonyl (C=O) groups excluding carboxylic acids is 1. The van der Waals surface area contributed by atoms with Crippen molar-refractivity contribution in [3.8, 4) is 0 Å². The summed E-state index contributed by atoms with van der Waals surface area (Å²) in [5, 5.41) is 31.4. The molecule has 0 aromatic heterocycles. The number of hydrogen-bond acceptors (Lipinski definition) is 4. The first-order chi connectivity index (χ1) is 9.34. The van der Waals surface area contributed by atoms with E-state index in [1.165, 1.54) is 25.1 Å². The van der Waals surface area contributed by atoms with E-state index in [-0.39, 0.29) is 35.0 Å². The Morgan fingerprint density at radius 1 is 1.35 bits per heavy atom. The average Bonchev–Trinajstić information content (AvgIpc) is 2.36. The van der Waals surface area contributed by atoms with Crippen LogP contribution in [-0.2, 0) is 4.79 Å². The normalized spacial score (nSPS) is 13.6. The molecule has 2 unspecified atom stereocenters. The summed E-state index contributed by atoms with van der Waals surface area (Å²) < 4.78 is 0. The lowest BCUT2D eigenvalue weighted by atomic mass is 9.97. The molecule has 0 bridgehead atoms. The van der Waals surface area contributed by atoms with Gasteiger partial charge in [0.05, 0.1) is 16.7 Å². The minimum atomic E-state index is -1.39. The van der Waals surface area contributed by atoms with Gasteiger partial charge in [-0.1, -0.05) is 23.7 Å². The highest BCUT2D eigenvalue weighted by molar-refractivity contribution is 6.33. The molecule has 20 heavy (non-hydrogen) atoms. The fraction of sp³-hybridized carbons (Fsp3) is 0.385. The summed E-state index contributed by atoms with van der Waals surface area (Å²) in [5.41, 5.74) is -0.194. The summed E-state index contributed by atoms with van der Waals surface area (Å²) in [6, 6.07) is 4.28. The van der Waals surface area contributed by atoms with Crippen molar-refractivity contribution in [3.63, 3.8) is 0 Å². The zero-order valence-electron chi connectivity index (χ0n) is 10.8. The van der Waals surface area contributed by atoms with Gasteiger partial charge in [-0.25, -0.2) is 4.79 Å². The Morgan fingerprint density at radius 3 is 2.55 bits per heavy atom. The molecule has 2 atom stereocenters. The van der Waals surface area contributed by atoms with Gasteiger partial charge >= 0.3 is 5.97 Å². The van der Waals surface area contributed by atoms with Gasteiger partial charge in [-0.05, 0) is 18.1 Å². The maximum atomic E-state index is 11.1. The number of benzene rings is 1. The summed E-state index contributed by atoms with van der Waals surface area (Å²) in [6.07, 6.45) is -2.52. The van der Waals surface area contributed by atoms with Crippen LogP contribution in [0.5, 0.6) is 0 Å². The minimum Gasteiger partial charge on any atom is -0.478 e. The summed E-state index contributed by atoms with van der Waals surface area (Å²) in [5.74, 6) is -1.53. The third-order valence-electron chi connectivity index (χ3n) is 2.76. The molecule has 1 aromatic carbocycles. The Labute approximate surface area is 121 Å². The van der Waals surface area contributed by atoms with E-state index in [1.54, 1.807) is 0 Å². The highest BCUT2D eigenvalue weighted by atomic mass is 35.5. The van der Waals surface area contributed by atoms with Gasteiger partial charge in [0.2, 0.25) is 5.91 Å². The van der Waals surface area contributed by atoms with E-state index in [0.29, 0.717) is 0 Å². The number of carboxylic acids is 1. The van der Waals surface area contributed by atoms with Crippen molar-refractivity contribution in [2.45, 2.75) is 25.6 Å². The summed E-state index contributed by atoms with van der Waals surface area (Å²) >= 11 is 5.79. The smallest absolute Gasteiger partial charge is 0.337 e. The second kappa shape index (κ2) is 7.23. The molecule has 0 saturated carbocycles. The molecule has 1 rings (SSSR count). The van der Waals surface area contributed by atoms with Crippen LogP contribution in [0, 0.1) is 0 Å². The molecule has 0 aliphatic heterocycles. The van der Waals surface area contributed by atoms with Crippen LogP contribution in [0.2, 0.25) is 5.02 Å². The van der Waals surface area contributed by atoms with Crippen molar-refractivity contribution in [1.82, 2.24) is 5.32 Å². The highest BCUT2D eigenvalue weighted by Gasteiger charge is 2.25. The number of nitrogens with one attached hydrogen (secondary N) is 1. The lowest BCUT2D eigenvalue weighted by Gasteiger charge is -2.20. The number of aliphatic hydroxyl groups is 2. The van der Waals surface area contributed by atoms with Gasteiger partial charge in [0.1, 0.15) is 6.10 Å². The third-order valence-corrected chi connectivity index (χ3v) is 3.07. The van der Waals surface area contributed by atoms with E-state index in [4.69, 9.17) is 16.7 Å². The van der Waals surface area contributed by atoms with Crippen LogP contribution in [0.3, 0.4) is 0 Å². The second-order valence-electron chi connectivity index (χ2n) is 4.29. The van der Waals surface area contributed by atoms with Crippen molar-refractivity contribution in [1.29, 1.82) is 0 Å². The van der Waals surface area contributed by atoms with E-state index in [9.17, 15) is 19.8 Å². The fourth-order valence-corrected chi connectivity index (χ4v) is 2.04. The van der Waals surface area contributed by atoms with Gasteiger partial charge in [-0.2, -0.15) is 0 Å². The van der Waals surface area contributed by atoms with Crippen LogP contribution in [0.4, 0.5) is 0 Å². The molecular weight excluding hydrogens is 286 g/mol. The Kier molecular flexibility index (Phi) is 5.94. The van der Waals surface area contributed by atoms with Crippen LogP contribution in [-0.4, -0.2) is 39.8 Å². The molecule has 110 valence electrons. The minimum absolute atomic E-state index is 0.0110. The number of carbonyl (C=O) groups is 2. The Morgan fingerprint density at radius 2 is 2.00 bits per heavy atom. The number of hydrogen-bond donors (Lipinski definition) is 4. The van der Waals surface area contributed by atoms with Crippen molar-refractivity contribution >= 4 is 23.5 Å². The Balaban J connectivity index is 2.86. The van der Waals surface area contributed by atoms with Crippen LogP contribution >= 0.6 is 11.6 Å². The van der Waals surface area contributed by atoms with Crippen LogP contribution < -0.4 is 5.32 Å². The zero-order chi connectivity index (χ0) is 15.3. The first-order valence-electron chi connectivity index (χ1n) is 5.97. The molecule has 0 aliphatic rings. The molecule has 6 nitrogen and oxygen atoms in total. The molecule has 4 N–H and O–H groups in total. The topological polar surface area (TPSA) is 107 Å². The lowest BCUT2D eigenvalue weighted by molar-refractivity contribution is -0.119. The van der Waals surface area contributed by atoms with Crippen LogP contribution in [0.1, 0.15) is 35.4 Å². The van der Waals surface area contributed by atoms with Gasteiger partial charge in [0.15, 0.2) is 0 Å². The maximum Gasteiger partial charge on any atom is 0.337 e. The van der Waals surface area contributed by atoms with Crippen molar-refractivity contribution in [2.75, 3.05) is 6.54 Å². The quantitative estimate of drug-likeness (QED) is 0.626. The number of halogens is 1. The predicted molar refractivity (Wildman–Crippen MR) is 72.7 cm³/mol. The number of aromatic carboxylic acids is 1. The number of carboxylic acid groups (broad SMARTS) is 1. The Hall–Kier alpha value is -1.63. The molecule has 0 radical (unpaired) electrons. The average molecular weight is 302 g/mol. The monoisotopic (exact) mass is 301 g/mol. The number of rotatable bonds is 6. The second-order valence-corrected chi connectivity index (χ2v) is 4.70. The number of amides is 1. The van der Waals surface area contributed by atoms with Crippen LogP contribution in [0.15, 0.2) is 18.2 Å². The number of aliphatic hydroxyl groups excluding tert-OH is 2. The van der Waals surface area contributed by atoms with Gasteiger partial charge < -0.3 is 20.6 Å². The van der Waals surface area contributed by atoms with Gasteiger partial charge in [0, 0.05) is 13.5 Å². The molecule has 1 amide bonds. The van der Waals surface area contributed by atoms with Gasteiger partial charge in [-0.3, -0.25) is 4.79 Å². The summed E-state index contributed by atoms with van der Waals surface area (Å²) in [6.45, 7) is 1.51. The fourth-order valence-electron chi connectivity index (χ4n) is 1.77. The molecule has 0 spiro atoms. The van der Waals surface area contributed by atoms with Crippen molar-refractivity contribution in [3.05, 3.63) is 34.3 Å². The van der Waals surface area contributed by atoms with Gasteiger partial charge in [0.25, 0.3) is 0 Å². The van der Waals surface area contributed by atoms with E-state index >= 15 is 0 Å². The molecule has 7 heteroatoms. The van der Waals surface area contributed by atoms with E-state index < -0.39 is 18.2 Å². The third kappa shape index (κ3) is 4.19. The molecule has 0 saturated heterocycles. The first kappa shape index (κ1) is 16.4. The van der Waals surface area contributed by atoms with Gasteiger partial charge in [-0.15, -0.1) is 0 Å². The molecule has 1 aromatic rings. The lowest BCUT2D eigenvalue weighted by Crippen LogP contribution is -2.28. The standard InChI is InChI=1S/C13H16ClNO5/c1-7(16)15-6-5-10(17)12(18)8-3-2-4-9(14)11(8)13(19)20/h2-4,10,12,17-18H,5-6H2,1H3,(H,15,16)(H,19,20). The van der Waals surface area contributed by atoms with E-state index in [2.05, 4.69) is 5.32 Å². The van der Waals surface area contributed by atoms with E-state index in [1.807, 2.05) is 0 Å². The maximum absolute atomic E-state index is 11.1. The molecule has 0 heterocycles. The van der Waals surface area contributed by atoms with Crippen molar-refractivity contribution in [2.24, 2.45) is 0 Å². The first-order valence-corrected chi connectivity index (χ1v) is 6.34. The Bertz CT molecular complexity index is 506. The van der Waals surface area contributed by atoms with E-state index in [0.717, 1.165) is 0 Å². The molecule has 0 aliphatic carbocycles. The predicted octanol–water partition coefficient (Wildman–Crippen LogP) is 0.959. The summed E-state index contributed by atoms with van der Waals surface area (Å²) in [7, 11) is 0. The highest BCUT2D eigenvalue weighted by Crippen LogP contribution is 2.27. The van der Waals surface area contributed by atoms with Crippen molar-refractivity contribution < 1.29 is 24.9 Å². The van der Waals surface area contributed by atoms with Crippen LogP contribution in [0.25, 0.3) is 0 Å². The molecular formula is C13H16ClNO5. The largest absolute Gasteiger partial charge is 0.478 e. The summed E-state index contributed by atoms with van der Waals surface area (Å²) in [4.78, 5) is 21.8. The zero-order valence-corrected chi connectivity index (χ0v) is 11.6.